The number of carboxylic acid groups (broad SMARTS) is 1. The molecule has 9 heteroatoms. The summed E-state index contributed by atoms with van der Waals surface area (Å²) >= 11 is 5.91. The van der Waals surface area contributed by atoms with Crippen LogP contribution in [-0.2, 0) is 24.0 Å². The number of halogens is 4. The quantitative estimate of drug-likeness (QED) is 0.499. The third-order valence-corrected chi connectivity index (χ3v) is 4.92. The highest BCUT2D eigenvalue weighted by Gasteiger charge is 2.35. The smallest absolute Gasteiger partial charge is 0.419 e. The lowest BCUT2D eigenvalue weighted by Gasteiger charge is -2.16. The molecule has 3 aromatic rings. The first-order chi connectivity index (χ1) is 14.5. The summed E-state index contributed by atoms with van der Waals surface area (Å²) in [7, 11) is 0. The average Bonchev–Trinajstić information content (AvgIpc) is 3.07. The molecule has 0 saturated carbocycles. The first-order valence-corrected chi connectivity index (χ1v) is 9.79. The SMILES string of the molecule is Cc1cc(COc2ccc(CC(C)C(=O)O)cc2C(F)(F)F)n(-c2ccc(Cl)cc2)n1. The van der Waals surface area contributed by atoms with Crippen LogP contribution in [0.1, 0.15) is 29.4 Å². The predicted molar refractivity (Wildman–Crippen MR) is 110 cm³/mol. The average molecular weight is 453 g/mol. The summed E-state index contributed by atoms with van der Waals surface area (Å²) in [5.41, 5.74) is 1.28. The number of benzene rings is 2. The van der Waals surface area contributed by atoms with E-state index >= 15 is 0 Å². The van der Waals surface area contributed by atoms with Gasteiger partial charge < -0.3 is 9.84 Å². The fourth-order valence-corrected chi connectivity index (χ4v) is 3.23. The van der Waals surface area contributed by atoms with Crippen LogP contribution in [0.3, 0.4) is 0 Å². The second-order valence-corrected chi connectivity index (χ2v) is 7.66. The molecule has 2 aromatic carbocycles. The molecule has 3 rings (SSSR count). The van der Waals surface area contributed by atoms with Gasteiger partial charge in [0, 0.05) is 5.02 Å². The minimum absolute atomic E-state index is 0.0127. The van der Waals surface area contributed by atoms with Gasteiger partial charge in [0.2, 0.25) is 0 Å². The van der Waals surface area contributed by atoms with Crippen molar-refractivity contribution >= 4 is 17.6 Å². The zero-order chi connectivity index (χ0) is 22.8. The minimum atomic E-state index is -4.65. The van der Waals surface area contributed by atoms with Crippen LogP contribution in [0.4, 0.5) is 13.2 Å². The number of aliphatic carboxylic acids is 1. The maximum atomic E-state index is 13.6. The molecular formula is C22H20ClF3N2O3. The number of ether oxygens (including phenoxy) is 1. The Morgan fingerprint density at radius 2 is 1.87 bits per heavy atom. The van der Waals surface area contributed by atoms with Crippen molar-refractivity contribution in [3.05, 3.63) is 76.1 Å². The lowest BCUT2D eigenvalue weighted by Crippen LogP contribution is -2.14. The Hall–Kier alpha value is -3.00. The summed E-state index contributed by atoms with van der Waals surface area (Å²) in [6.45, 7) is 3.08. The number of hydrogen-bond acceptors (Lipinski definition) is 3. The van der Waals surface area contributed by atoms with Crippen LogP contribution < -0.4 is 4.74 Å². The number of carboxylic acids is 1. The molecule has 1 unspecified atom stereocenters. The summed E-state index contributed by atoms with van der Waals surface area (Å²) in [5, 5.41) is 13.9. The van der Waals surface area contributed by atoms with Gasteiger partial charge in [-0.1, -0.05) is 24.6 Å². The molecule has 164 valence electrons. The molecule has 0 fully saturated rings. The van der Waals surface area contributed by atoms with E-state index in [9.17, 15) is 18.0 Å². The van der Waals surface area contributed by atoms with Crippen LogP contribution in [0.2, 0.25) is 5.02 Å². The third-order valence-electron chi connectivity index (χ3n) is 4.66. The summed E-state index contributed by atoms with van der Waals surface area (Å²) in [5.74, 6) is -2.20. The second kappa shape index (κ2) is 9.01. The van der Waals surface area contributed by atoms with E-state index in [1.165, 1.54) is 19.1 Å². The van der Waals surface area contributed by atoms with Crippen molar-refractivity contribution in [1.82, 2.24) is 9.78 Å². The molecule has 0 spiro atoms. The van der Waals surface area contributed by atoms with Crippen molar-refractivity contribution in [2.75, 3.05) is 0 Å². The van der Waals surface area contributed by atoms with Crippen molar-refractivity contribution in [2.24, 2.45) is 5.92 Å². The van der Waals surface area contributed by atoms with Gasteiger partial charge in [-0.2, -0.15) is 18.3 Å². The first kappa shape index (κ1) is 22.7. The summed E-state index contributed by atoms with van der Waals surface area (Å²) in [6.07, 6.45) is -4.66. The molecule has 1 atom stereocenters. The molecule has 5 nitrogen and oxygen atoms in total. The number of hydrogen-bond donors (Lipinski definition) is 1. The van der Waals surface area contributed by atoms with Gasteiger partial charge in [0.15, 0.2) is 0 Å². The van der Waals surface area contributed by atoms with Gasteiger partial charge in [-0.05, 0) is 61.4 Å². The molecule has 1 N–H and O–H groups in total. The van der Waals surface area contributed by atoms with E-state index in [2.05, 4.69) is 5.10 Å². The van der Waals surface area contributed by atoms with Gasteiger partial charge in [-0.25, -0.2) is 4.68 Å². The minimum Gasteiger partial charge on any atom is -0.487 e. The number of nitrogens with zero attached hydrogens (tertiary/aromatic N) is 2. The molecule has 31 heavy (non-hydrogen) atoms. The summed E-state index contributed by atoms with van der Waals surface area (Å²) < 4.78 is 47.9. The largest absolute Gasteiger partial charge is 0.487 e. The predicted octanol–water partition coefficient (Wildman–Crippen LogP) is 5.70. The summed E-state index contributed by atoms with van der Waals surface area (Å²) in [4.78, 5) is 11.0. The van der Waals surface area contributed by atoms with E-state index < -0.39 is 23.6 Å². The number of carbonyl (C=O) groups is 1. The normalized spacial score (nSPS) is 12.6. The Bertz CT molecular complexity index is 1080. The molecule has 0 saturated heterocycles. The summed E-state index contributed by atoms with van der Waals surface area (Å²) in [6, 6.07) is 12.2. The van der Waals surface area contributed by atoms with Gasteiger partial charge >= 0.3 is 12.1 Å². The maximum absolute atomic E-state index is 13.6. The van der Waals surface area contributed by atoms with Crippen molar-refractivity contribution in [2.45, 2.75) is 33.1 Å². The van der Waals surface area contributed by atoms with Gasteiger partial charge in [-0.15, -0.1) is 0 Å². The molecule has 0 aliphatic heterocycles. The topological polar surface area (TPSA) is 64.3 Å². The Labute approximate surface area is 182 Å². The Kier molecular flexibility index (Phi) is 6.59. The van der Waals surface area contributed by atoms with Crippen molar-refractivity contribution in [3.63, 3.8) is 0 Å². The van der Waals surface area contributed by atoms with Gasteiger partial charge in [0.05, 0.1) is 28.6 Å². The van der Waals surface area contributed by atoms with Gasteiger partial charge in [-0.3, -0.25) is 4.79 Å². The van der Waals surface area contributed by atoms with E-state index in [4.69, 9.17) is 21.4 Å². The number of aryl methyl sites for hydroxylation is 1. The standard InChI is InChI=1S/C22H20ClF3N2O3/c1-13(21(29)30)9-15-3-8-20(19(11-15)22(24,25)26)31-12-18-10-14(2)27-28(18)17-6-4-16(23)5-7-17/h3-8,10-11,13H,9,12H2,1-2H3,(H,29,30). The Morgan fingerprint density at radius 1 is 1.19 bits per heavy atom. The zero-order valence-electron chi connectivity index (χ0n) is 16.8. The molecule has 0 amide bonds. The number of alkyl halides is 3. The van der Waals surface area contributed by atoms with Gasteiger partial charge in [0.1, 0.15) is 12.4 Å². The van der Waals surface area contributed by atoms with E-state index in [1.54, 1.807) is 41.9 Å². The fourth-order valence-electron chi connectivity index (χ4n) is 3.11. The third kappa shape index (κ3) is 5.58. The molecule has 0 radical (unpaired) electrons. The highest BCUT2D eigenvalue weighted by Crippen LogP contribution is 2.37. The monoisotopic (exact) mass is 452 g/mol. The Balaban J connectivity index is 1.86. The van der Waals surface area contributed by atoms with Crippen LogP contribution in [0.5, 0.6) is 5.75 Å². The van der Waals surface area contributed by atoms with Crippen LogP contribution in [0, 0.1) is 12.8 Å². The van der Waals surface area contributed by atoms with Crippen molar-refractivity contribution in [3.8, 4) is 11.4 Å². The molecule has 1 heterocycles. The van der Waals surface area contributed by atoms with Crippen LogP contribution in [0.25, 0.3) is 5.69 Å². The first-order valence-electron chi connectivity index (χ1n) is 9.42. The lowest BCUT2D eigenvalue weighted by molar-refractivity contribution is -0.141. The van der Waals surface area contributed by atoms with E-state index in [0.29, 0.717) is 22.1 Å². The fraction of sp³-hybridized carbons (Fsp3) is 0.273. The molecule has 0 bridgehead atoms. The highest BCUT2D eigenvalue weighted by molar-refractivity contribution is 6.30. The molecular weight excluding hydrogens is 433 g/mol. The van der Waals surface area contributed by atoms with Crippen LogP contribution in [0.15, 0.2) is 48.5 Å². The molecule has 0 aliphatic rings. The highest BCUT2D eigenvalue weighted by atomic mass is 35.5. The number of aromatic nitrogens is 2. The van der Waals surface area contributed by atoms with E-state index in [-0.39, 0.29) is 24.3 Å². The lowest BCUT2D eigenvalue weighted by atomic mass is 9.99. The van der Waals surface area contributed by atoms with Crippen LogP contribution in [-0.4, -0.2) is 20.9 Å². The van der Waals surface area contributed by atoms with Crippen molar-refractivity contribution < 1.29 is 27.8 Å². The molecule has 0 aliphatic carbocycles. The van der Waals surface area contributed by atoms with Gasteiger partial charge in [0.25, 0.3) is 0 Å². The van der Waals surface area contributed by atoms with Crippen molar-refractivity contribution in [1.29, 1.82) is 0 Å². The second-order valence-electron chi connectivity index (χ2n) is 7.23. The Morgan fingerprint density at radius 3 is 2.48 bits per heavy atom. The maximum Gasteiger partial charge on any atom is 0.419 e. The van der Waals surface area contributed by atoms with Crippen LogP contribution >= 0.6 is 11.6 Å². The van der Waals surface area contributed by atoms with E-state index in [0.717, 1.165) is 6.07 Å². The number of rotatable bonds is 7. The molecule has 1 aromatic heterocycles. The van der Waals surface area contributed by atoms with E-state index in [1.807, 2.05) is 0 Å². The zero-order valence-corrected chi connectivity index (χ0v) is 17.5.